The summed E-state index contributed by atoms with van der Waals surface area (Å²) in [5.41, 5.74) is 3.07. The first-order valence-electron chi connectivity index (χ1n) is 8.75. The van der Waals surface area contributed by atoms with Crippen molar-refractivity contribution in [2.75, 3.05) is 5.32 Å². The van der Waals surface area contributed by atoms with E-state index in [4.69, 9.17) is 16.6 Å². The van der Waals surface area contributed by atoms with Gasteiger partial charge in [0.25, 0.3) is 0 Å². The summed E-state index contributed by atoms with van der Waals surface area (Å²) in [4.78, 5) is 5.59. The van der Waals surface area contributed by atoms with Crippen LogP contribution in [0, 0.1) is 5.82 Å². The number of thiazole rings is 1. The van der Waals surface area contributed by atoms with E-state index in [1.54, 1.807) is 29.5 Å². The van der Waals surface area contributed by atoms with Gasteiger partial charge in [-0.15, -0.1) is 0 Å². The average Bonchev–Trinajstić information content (AvgIpc) is 3.20. The highest BCUT2D eigenvalue weighted by Gasteiger charge is 2.24. The fourth-order valence-corrected chi connectivity index (χ4v) is 4.67. The third-order valence-electron chi connectivity index (χ3n) is 4.65. The zero-order chi connectivity index (χ0) is 19.3. The molecule has 0 saturated carbocycles. The van der Waals surface area contributed by atoms with Crippen LogP contribution in [0.4, 0.5) is 20.3 Å². The van der Waals surface area contributed by atoms with Gasteiger partial charge >= 0.3 is 0 Å². The van der Waals surface area contributed by atoms with Crippen molar-refractivity contribution < 1.29 is 8.78 Å². The van der Waals surface area contributed by atoms with Crippen LogP contribution in [0.1, 0.15) is 12.1 Å². The lowest BCUT2D eigenvalue weighted by molar-refractivity contribution is 0.402. The Morgan fingerprint density at radius 1 is 1.14 bits per heavy atom. The molecule has 0 saturated heterocycles. The molecule has 0 amide bonds. The summed E-state index contributed by atoms with van der Waals surface area (Å²) in [6.45, 7) is 0. The van der Waals surface area contributed by atoms with Crippen LogP contribution in [-0.2, 0) is 0 Å². The normalized spacial score (nSPS) is 17.0. The number of rotatable bonds is 3. The van der Waals surface area contributed by atoms with Crippen LogP contribution in [0.3, 0.4) is 0 Å². The second kappa shape index (κ2) is 6.72. The van der Waals surface area contributed by atoms with Crippen molar-refractivity contribution in [3.05, 3.63) is 77.2 Å². The molecular weight excluding hydrogens is 400 g/mol. The Morgan fingerprint density at radius 3 is 2.71 bits per heavy atom. The molecule has 0 bridgehead atoms. The Balaban J connectivity index is 1.73. The van der Waals surface area contributed by atoms with Crippen molar-refractivity contribution in [3.63, 3.8) is 0 Å². The van der Waals surface area contributed by atoms with Gasteiger partial charge in [0, 0.05) is 22.7 Å². The Morgan fingerprint density at radius 2 is 1.93 bits per heavy atom. The van der Waals surface area contributed by atoms with E-state index in [0.717, 1.165) is 20.9 Å². The molecule has 2 aromatic heterocycles. The van der Waals surface area contributed by atoms with Crippen LogP contribution < -0.4 is 5.32 Å². The molecule has 1 aliphatic carbocycles. The number of halogens is 3. The monoisotopic (exact) mass is 413 g/mol. The fraction of sp³-hybridized carbons (Fsp3) is 0.0952. The maximum atomic E-state index is 13.7. The quantitative estimate of drug-likeness (QED) is 0.406. The molecular formula is C21H14ClF2N3S. The van der Waals surface area contributed by atoms with Gasteiger partial charge < -0.3 is 5.32 Å². The third-order valence-corrected chi connectivity index (χ3v) is 6.00. The lowest BCUT2D eigenvalue weighted by atomic mass is 10.0. The molecule has 4 aromatic rings. The van der Waals surface area contributed by atoms with Crippen molar-refractivity contribution in [1.82, 2.24) is 9.38 Å². The molecule has 0 fully saturated rings. The van der Waals surface area contributed by atoms with Gasteiger partial charge in [-0.1, -0.05) is 41.1 Å². The molecule has 0 radical (unpaired) electrons. The molecule has 2 aromatic carbocycles. The van der Waals surface area contributed by atoms with Crippen molar-refractivity contribution in [3.8, 4) is 0 Å². The van der Waals surface area contributed by atoms with Gasteiger partial charge in [0.05, 0.1) is 10.2 Å². The van der Waals surface area contributed by atoms with Crippen LogP contribution in [0.25, 0.3) is 20.8 Å². The number of para-hydroxylation sites is 1. The molecule has 5 rings (SSSR count). The van der Waals surface area contributed by atoms with Gasteiger partial charge in [0.2, 0.25) is 0 Å². The second-order valence-corrected chi connectivity index (χ2v) is 7.93. The highest BCUT2D eigenvalue weighted by Crippen LogP contribution is 2.40. The number of nitrogens with zero attached hydrogens (tertiary/aromatic N) is 2. The van der Waals surface area contributed by atoms with Gasteiger partial charge in [-0.3, -0.25) is 4.40 Å². The molecule has 1 unspecified atom stereocenters. The van der Waals surface area contributed by atoms with Gasteiger partial charge in [0.15, 0.2) is 4.96 Å². The number of imidazole rings is 1. The van der Waals surface area contributed by atoms with Crippen molar-refractivity contribution in [1.29, 1.82) is 0 Å². The van der Waals surface area contributed by atoms with Gasteiger partial charge in [0.1, 0.15) is 23.5 Å². The molecule has 1 N–H and O–H groups in total. The first kappa shape index (κ1) is 17.4. The molecule has 28 heavy (non-hydrogen) atoms. The lowest BCUT2D eigenvalue weighted by Crippen LogP contribution is -2.04. The topological polar surface area (TPSA) is 29.3 Å². The molecule has 1 atom stereocenters. The number of hydrogen-bond acceptors (Lipinski definition) is 3. The number of allylic oxidation sites excluding steroid dienone is 4. The van der Waals surface area contributed by atoms with E-state index in [9.17, 15) is 8.78 Å². The number of fused-ring (bicyclic) bond motifs is 3. The standard InChI is InChI=1S/C21H14ClF2N3S/c22-16-11-13(24)7-10-15(16)19-20(25-14-8-5-12(23)6-9-14)27-17-3-1-2-4-18(17)28-21(27)26-19/h1-6,8-11,13,25H,7H2. The molecule has 2 heterocycles. The molecule has 0 spiro atoms. The zero-order valence-corrected chi connectivity index (χ0v) is 16.1. The number of aromatic nitrogens is 2. The largest absolute Gasteiger partial charge is 0.339 e. The van der Waals surface area contributed by atoms with E-state index in [1.165, 1.54) is 18.2 Å². The van der Waals surface area contributed by atoms with Crippen LogP contribution in [0.2, 0.25) is 0 Å². The van der Waals surface area contributed by atoms with Crippen LogP contribution in [0.5, 0.6) is 0 Å². The van der Waals surface area contributed by atoms with Gasteiger partial charge in [-0.25, -0.2) is 13.8 Å². The Kier molecular flexibility index (Phi) is 4.18. The van der Waals surface area contributed by atoms with Gasteiger partial charge in [-0.05, 0) is 42.5 Å². The first-order chi connectivity index (χ1) is 13.6. The average molecular weight is 414 g/mol. The number of alkyl halides is 1. The maximum Gasteiger partial charge on any atom is 0.197 e. The van der Waals surface area contributed by atoms with E-state index in [2.05, 4.69) is 5.32 Å². The summed E-state index contributed by atoms with van der Waals surface area (Å²) in [5.74, 6) is 0.411. The van der Waals surface area contributed by atoms with Crippen molar-refractivity contribution in [2.24, 2.45) is 0 Å². The summed E-state index contributed by atoms with van der Waals surface area (Å²) in [6.07, 6.45) is 2.35. The number of benzene rings is 2. The van der Waals surface area contributed by atoms with E-state index < -0.39 is 6.17 Å². The third kappa shape index (κ3) is 2.89. The minimum Gasteiger partial charge on any atom is -0.339 e. The highest BCUT2D eigenvalue weighted by atomic mass is 35.5. The predicted molar refractivity (Wildman–Crippen MR) is 112 cm³/mol. The smallest absolute Gasteiger partial charge is 0.197 e. The van der Waals surface area contributed by atoms with Crippen LogP contribution in [-0.4, -0.2) is 15.6 Å². The summed E-state index contributed by atoms with van der Waals surface area (Å²) in [6, 6.07) is 14.1. The maximum absolute atomic E-state index is 13.7. The summed E-state index contributed by atoms with van der Waals surface area (Å²) in [7, 11) is 0. The van der Waals surface area contributed by atoms with E-state index in [0.29, 0.717) is 22.1 Å². The van der Waals surface area contributed by atoms with Crippen molar-refractivity contribution >= 4 is 55.2 Å². The second-order valence-electron chi connectivity index (χ2n) is 6.51. The summed E-state index contributed by atoms with van der Waals surface area (Å²) >= 11 is 7.91. The number of nitrogens with one attached hydrogen (secondary N) is 1. The molecule has 3 nitrogen and oxygen atoms in total. The highest BCUT2D eigenvalue weighted by molar-refractivity contribution is 7.23. The minimum absolute atomic E-state index is 0.257. The molecule has 140 valence electrons. The lowest BCUT2D eigenvalue weighted by Gasteiger charge is -2.15. The predicted octanol–water partition coefficient (Wildman–Crippen LogP) is 6.68. The van der Waals surface area contributed by atoms with E-state index >= 15 is 0 Å². The SMILES string of the molecule is Fc1ccc(Nc2c(C3=CCC(F)C=C3Cl)nc3sc4ccccc4n23)cc1. The fourth-order valence-electron chi connectivity index (χ4n) is 3.35. The number of anilines is 2. The first-order valence-corrected chi connectivity index (χ1v) is 9.94. The Bertz CT molecular complexity index is 1250. The Hall–Kier alpha value is -2.70. The van der Waals surface area contributed by atoms with E-state index in [1.807, 2.05) is 28.7 Å². The summed E-state index contributed by atoms with van der Waals surface area (Å²) < 4.78 is 30.1. The van der Waals surface area contributed by atoms with Gasteiger partial charge in [-0.2, -0.15) is 0 Å². The molecule has 7 heteroatoms. The molecule has 0 aliphatic heterocycles. The van der Waals surface area contributed by atoms with Crippen LogP contribution >= 0.6 is 22.9 Å². The molecule has 1 aliphatic rings. The summed E-state index contributed by atoms with van der Waals surface area (Å²) in [5, 5.41) is 3.69. The van der Waals surface area contributed by atoms with Crippen LogP contribution in [0.15, 0.2) is 65.7 Å². The van der Waals surface area contributed by atoms with E-state index in [-0.39, 0.29) is 12.2 Å². The van der Waals surface area contributed by atoms with Crippen molar-refractivity contribution in [2.45, 2.75) is 12.6 Å². The zero-order valence-electron chi connectivity index (χ0n) is 14.5. The Labute approximate surface area is 168 Å². The number of hydrogen-bond donors (Lipinski definition) is 1. The minimum atomic E-state index is -1.09.